The Labute approximate surface area is 184 Å². The number of halogens is 3. The molecule has 6 nitrogen and oxygen atoms in total. The number of benzene rings is 2. The van der Waals surface area contributed by atoms with Crippen LogP contribution in [0.4, 0.5) is 29.3 Å². The number of urea groups is 1. The van der Waals surface area contributed by atoms with E-state index in [2.05, 4.69) is 10.2 Å². The molecule has 32 heavy (non-hydrogen) atoms. The average molecular weight is 446 g/mol. The number of hydrogen-bond donors (Lipinski definition) is 2. The lowest BCUT2D eigenvalue weighted by Crippen LogP contribution is -2.60. The van der Waals surface area contributed by atoms with Crippen LogP contribution in [0.1, 0.15) is 42.1 Å². The highest BCUT2D eigenvalue weighted by Crippen LogP contribution is 2.42. The number of fused-ring (bicyclic) bond motifs is 1. The van der Waals surface area contributed by atoms with E-state index in [9.17, 15) is 22.8 Å². The fourth-order valence-electron chi connectivity index (χ4n) is 4.82. The van der Waals surface area contributed by atoms with E-state index in [1.165, 1.54) is 18.2 Å². The van der Waals surface area contributed by atoms with Crippen molar-refractivity contribution in [3.8, 4) is 0 Å². The lowest BCUT2D eigenvalue weighted by Gasteiger charge is -2.52. The first-order valence-electron chi connectivity index (χ1n) is 10.6. The van der Waals surface area contributed by atoms with E-state index >= 15 is 0 Å². The minimum atomic E-state index is -0.877. The van der Waals surface area contributed by atoms with Gasteiger partial charge in [0.2, 0.25) is 0 Å². The normalized spacial score (nSPS) is 17.4. The highest BCUT2D eigenvalue weighted by Gasteiger charge is 2.46. The first-order valence-corrected chi connectivity index (χ1v) is 10.6. The van der Waals surface area contributed by atoms with Gasteiger partial charge in [-0.3, -0.25) is 4.79 Å². The molecule has 4 rings (SSSR count). The van der Waals surface area contributed by atoms with Crippen molar-refractivity contribution in [1.82, 2.24) is 10.2 Å². The molecule has 2 aliphatic rings. The maximum Gasteiger partial charge on any atom is 0.317 e. The number of likely N-dealkylation sites (tertiary alicyclic amines) is 1. The van der Waals surface area contributed by atoms with E-state index in [-0.39, 0.29) is 30.3 Å². The van der Waals surface area contributed by atoms with E-state index < -0.39 is 28.7 Å². The third kappa shape index (κ3) is 3.76. The van der Waals surface area contributed by atoms with E-state index in [4.69, 9.17) is 5.73 Å². The predicted octanol–water partition coefficient (Wildman–Crippen LogP) is 3.84. The molecular weight excluding hydrogens is 421 g/mol. The third-order valence-electron chi connectivity index (χ3n) is 6.55. The van der Waals surface area contributed by atoms with Gasteiger partial charge in [-0.25, -0.2) is 18.0 Å². The molecule has 2 aliphatic heterocycles. The lowest BCUT2D eigenvalue weighted by molar-refractivity contribution is 0.0885. The van der Waals surface area contributed by atoms with Gasteiger partial charge in [-0.05, 0) is 44.0 Å². The van der Waals surface area contributed by atoms with Gasteiger partial charge in [0.05, 0.1) is 5.54 Å². The molecule has 0 radical (unpaired) electrons. The van der Waals surface area contributed by atoms with Gasteiger partial charge >= 0.3 is 6.03 Å². The van der Waals surface area contributed by atoms with Crippen LogP contribution < -0.4 is 16.0 Å². The summed E-state index contributed by atoms with van der Waals surface area (Å²) in [5.74, 6) is -2.25. The number of piperidine rings is 1. The Morgan fingerprint density at radius 2 is 1.88 bits per heavy atom. The molecule has 1 saturated heterocycles. The number of nitrogens with two attached hydrogens (primary N) is 1. The van der Waals surface area contributed by atoms with E-state index in [1.54, 1.807) is 11.0 Å². The molecule has 0 bridgehead atoms. The van der Waals surface area contributed by atoms with Crippen LogP contribution in [-0.4, -0.2) is 41.9 Å². The molecule has 1 fully saturated rings. The number of carbonyl (C=O) groups excluding carboxylic acids is 2. The molecule has 0 saturated carbocycles. The van der Waals surface area contributed by atoms with Crippen LogP contribution >= 0.6 is 0 Å². The van der Waals surface area contributed by atoms with Crippen molar-refractivity contribution in [2.45, 2.75) is 38.3 Å². The van der Waals surface area contributed by atoms with E-state index in [0.717, 1.165) is 11.8 Å². The zero-order valence-electron chi connectivity index (χ0n) is 17.8. The number of rotatable bonds is 3. The molecule has 2 aromatic carbocycles. The van der Waals surface area contributed by atoms with Crippen molar-refractivity contribution >= 4 is 23.2 Å². The number of nitrogens with zero attached hydrogens (tertiary/aromatic N) is 2. The number of carbonyl (C=O) groups is 2. The van der Waals surface area contributed by atoms with Crippen molar-refractivity contribution in [3.05, 3.63) is 58.9 Å². The number of amides is 2. The molecule has 1 spiro atoms. The van der Waals surface area contributed by atoms with Gasteiger partial charge in [0.25, 0.3) is 0 Å². The molecule has 0 aliphatic carbocycles. The van der Waals surface area contributed by atoms with Crippen LogP contribution in [0.15, 0.2) is 30.3 Å². The van der Waals surface area contributed by atoms with Crippen molar-refractivity contribution in [2.24, 2.45) is 0 Å². The largest absolute Gasteiger partial charge is 0.394 e. The number of nitrogens with one attached hydrogen (secondary N) is 1. The van der Waals surface area contributed by atoms with Gasteiger partial charge in [-0.2, -0.15) is 0 Å². The number of ketones is 1. The first-order chi connectivity index (χ1) is 15.3. The quantitative estimate of drug-likeness (QED) is 0.703. The molecule has 2 heterocycles. The van der Waals surface area contributed by atoms with Crippen LogP contribution in [0.25, 0.3) is 0 Å². The Balaban J connectivity index is 1.43. The monoisotopic (exact) mass is 446 g/mol. The Bertz CT molecular complexity index is 1070. The predicted molar refractivity (Wildman–Crippen MR) is 115 cm³/mol. The van der Waals surface area contributed by atoms with Gasteiger partial charge in [0.15, 0.2) is 11.6 Å². The van der Waals surface area contributed by atoms with Crippen molar-refractivity contribution < 1.29 is 22.8 Å². The van der Waals surface area contributed by atoms with Crippen LogP contribution in [0.2, 0.25) is 0 Å². The zero-order valence-corrected chi connectivity index (χ0v) is 17.8. The summed E-state index contributed by atoms with van der Waals surface area (Å²) in [5, 5.41) is 2.65. The van der Waals surface area contributed by atoms with Gasteiger partial charge in [0.1, 0.15) is 17.3 Å². The number of anilines is 2. The molecule has 2 aromatic rings. The number of nitrogen functional groups attached to an aromatic ring is 1. The molecule has 2 amide bonds. The fourth-order valence-corrected chi connectivity index (χ4v) is 4.82. The molecule has 0 unspecified atom stereocenters. The van der Waals surface area contributed by atoms with Gasteiger partial charge in [-0.1, -0.05) is 6.07 Å². The lowest BCUT2D eigenvalue weighted by atomic mass is 9.76. The molecule has 0 aromatic heterocycles. The van der Waals surface area contributed by atoms with E-state index in [0.29, 0.717) is 38.0 Å². The number of hydrogen-bond acceptors (Lipinski definition) is 4. The molecule has 9 heteroatoms. The highest BCUT2D eigenvalue weighted by atomic mass is 19.1. The van der Waals surface area contributed by atoms with Gasteiger partial charge < -0.3 is 20.9 Å². The zero-order chi connectivity index (χ0) is 23.0. The van der Waals surface area contributed by atoms with E-state index in [1.807, 2.05) is 6.92 Å². The van der Waals surface area contributed by atoms with Crippen LogP contribution in [0.5, 0.6) is 0 Å². The van der Waals surface area contributed by atoms with Crippen molar-refractivity contribution in [1.29, 1.82) is 0 Å². The summed E-state index contributed by atoms with van der Waals surface area (Å²) in [4.78, 5) is 29.2. The maximum atomic E-state index is 14.1. The Hall–Kier alpha value is -3.23. The smallest absolute Gasteiger partial charge is 0.317 e. The Morgan fingerprint density at radius 3 is 2.56 bits per heavy atom. The second kappa shape index (κ2) is 8.37. The van der Waals surface area contributed by atoms with Crippen molar-refractivity contribution in [3.63, 3.8) is 0 Å². The Morgan fingerprint density at radius 1 is 1.16 bits per heavy atom. The minimum absolute atomic E-state index is 0.0912. The van der Waals surface area contributed by atoms with Crippen LogP contribution in [-0.2, 0) is 6.54 Å². The van der Waals surface area contributed by atoms with Crippen molar-refractivity contribution in [2.75, 3.05) is 30.3 Å². The summed E-state index contributed by atoms with van der Waals surface area (Å²) >= 11 is 0. The first kappa shape index (κ1) is 22.0. The fraction of sp³-hybridized carbons (Fsp3) is 0.391. The second-order valence-corrected chi connectivity index (χ2v) is 8.31. The topological polar surface area (TPSA) is 78.7 Å². The maximum absolute atomic E-state index is 14.1. The van der Waals surface area contributed by atoms with Gasteiger partial charge in [-0.15, -0.1) is 0 Å². The third-order valence-corrected chi connectivity index (χ3v) is 6.55. The molecular formula is C23H25F3N4O2. The SMILES string of the molecule is CCN1c2ccc(F)cc2C(=O)CC12CCN(C(=O)NCc1ccc(F)c(N)c1F)CC2. The summed E-state index contributed by atoms with van der Waals surface area (Å²) in [6.07, 6.45) is 1.43. The summed E-state index contributed by atoms with van der Waals surface area (Å²) in [7, 11) is 0. The summed E-state index contributed by atoms with van der Waals surface area (Å²) < 4.78 is 41.0. The summed E-state index contributed by atoms with van der Waals surface area (Å²) in [6.45, 7) is 3.37. The molecule has 0 atom stereocenters. The van der Waals surface area contributed by atoms with Crippen LogP contribution in [0.3, 0.4) is 0 Å². The Kier molecular flexibility index (Phi) is 5.75. The summed E-state index contributed by atoms with van der Waals surface area (Å²) in [6, 6.07) is 6.24. The molecule has 3 N–H and O–H groups in total. The number of Topliss-reactive ketones (excluding diaryl/α,β-unsaturated/α-hetero) is 1. The minimum Gasteiger partial charge on any atom is -0.394 e. The van der Waals surface area contributed by atoms with Crippen LogP contribution in [0, 0.1) is 17.5 Å². The molecule has 170 valence electrons. The second-order valence-electron chi connectivity index (χ2n) is 8.31. The summed E-state index contributed by atoms with van der Waals surface area (Å²) in [5.41, 5.74) is 5.60. The standard InChI is InChI=1S/C23H25F3N4O2/c1-2-30-18-6-4-15(24)11-16(18)19(31)12-23(30)7-9-29(10-8-23)22(32)28-13-14-3-5-17(25)21(27)20(14)26/h3-6,11H,2,7-10,12-13,27H2,1H3,(H,28,32). The average Bonchev–Trinajstić information content (AvgIpc) is 2.78. The van der Waals surface area contributed by atoms with Gasteiger partial charge in [0, 0.05) is 49.4 Å². The highest BCUT2D eigenvalue weighted by molar-refractivity contribution is 6.04.